The van der Waals surface area contributed by atoms with E-state index in [2.05, 4.69) is 15.8 Å². The maximum Gasteiger partial charge on any atom is 0.343 e. The molecule has 5 nitrogen and oxygen atoms in total. The van der Waals surface area contributed by atoms with Crippen molar-refractivity contribution in [2.24, 2.45) is 5.10 Å². The van der Waals surface area contributed by atoms with E-state index in [1.807, 2.05) is 79.7 Å². The summed E-state index contributed by atoms with van der Waals surface area (Å²) in [5.41, 5.74) is 5.91. The summed E-state index contributed by atoms with van der Waals surface area (Å²) in [5, 5.41) is 9.60. The number of carbonyl (C=O) groups excluding carboxylic acids is 1. The fraction of sp³-hybridized carbons (Fsp3) is 0.0385. The van der Waals surface area contributed by atoms with Gasteiger partial charge in [0.2, 0.25) is 0 Å². The Bertz CT molecular complexity index is 1290. The highest BCUT2D eigenvalue weighted by Crippen LogP contribution is 2.27. The van der Waals surface area contributed by atoms with Gasteiger partial charge < -0.3 is 10.1 Å². The van der Waals surface area contributed by atoms with Crippen molar-refractivity contribution in [3.8, 4) is 5.75 Å². The minimum atomic E-state index is -0.427. The second-order valence-electron chi connectivity index (χ2n) is 7.14. The zero-order chi connectivity index (χ0) is 22.3. The van der Waals surface area contributed by atoms with E-state index < -0.39 is 5.97 Å². The van der Waals surface area contributed by atoms with Crippen LogP contribution in [0.3, 0.4) is 0 Å². The van der Waals surface area contributed by atoms with Crippen molar-refractivity contribution in [1.29, 1.82) is 0 Å². The van der Waals surface area contributed by atoms with Crippen LogP contribution in [0.25, 0.3) is 10.8 Å². The Balaban J connectivity index is 1.57. The summed E-state index contributed by atoms with van der Waals surface area (Å²) in [7, 11) is 0. The molecule has 0 saturated heterocycles. The lowest BCUT2D eigenvalue weighted by atomic mass is 10.0. The summed E-state index contributed by atoms with van der Waals surface area (Å²) >= 11 is 5.30. The number of nitrogens with zero attached hydrogens (tertiary/aromatic N) is 1. The van der Waals surface area contributed by atoms with Crippen LogP contribution in [0.5, 0.6) is 5.75 Å². The van der Waals surface area contributed by atoms with E-state index in [0.717, 1.165) is 22.0 Å². The third kappa shape index (κ3) is 5.17. The monoisotopic (exact) mass is 439 g/mol. The lowest BCUT2D eigenvalue weighted by Gasteiger charge is -2.11. The summed E-state index contributed by atoms with van der Waals surface area (Å²) in [6.45, 7) is 1.97. The maximum absolute atomic E-state index is 12.7. The lowest BCUT2D eigenvalue weighted by molar-refractivity contribution is 0.0734. The third-order valence-corrected chi connectivity index (χ3v) is 5.01. The van der Waals surface area contributed by atoms with Gasteiger partial charge in [-0.25, -0.2) is 4.79 Å². The Labute approximate surface area is 191 Å². The zero-order valence-electron chi connectivity index (χ0n) is 17.4. The Kier molecular flexibility index (Phi) is 6.53. The Hall–Kier alpha value is -4.03. The smallest absolute Gasteiger partial charge is 0.343 e. The number of para-hydroxylation sites is 1. The number of rotatable bonds is 5. The molecule has 0 fully saturated rings. The van der Waals surface area contributed by atoms with E-state index in [1.54, 1.807) is 24.4 Å². The molecule has 0 aliphatic rings. The summed E-state index contributed by atoms with van der Waals surface area (Å²) < 4.78 is 5.73. The molecule has 4 rings (SSSR count). The first kappa shape index (κ1) is 21.2. The van der Waals surface area contributed by atoms with Gasteiger partial charge in [-0.2, -0.15) is 5.10 Å². The molecule has 0 atom stereocenters. The topological polar surface area (TPSA) is 62.7 Å². The van der Waals surface area contributed by atoms with Gasteiger partial charge in [0.25, 0.3) is 0 Å². The molecule has 0 heterocycles. The molecule has 0 unspecified atom stereocenters. The summed E-state index contributed by atoms with van der Waals surface area (Å²) in [4.78, 5) is 12.7. The van der Waals surface area contributed by atoms with Crippen molar-refractivity contribution in [2.45, 2.75) is 6.92 Å². The second kappa shape index (κ2) is 9.85. The van der Waals surface area contributed by atoms with E-state index in [4.69, 9.17) is 17.0 Å². The number of carbonyl (C=O) groups is 1. The lowest BCUT2D eigenvalue weighted by Crippen LogP contribution is -2.23. The molecule has 0 aliphatic carbocycles. The molecule has 2 N–H and O–H groups in total. The van der Waals surface area contributed by atoms with E-state index in [1.165, 1.54) is 0 Å². The minimum absolute atomic E-state index is 0.353. The molecule has 32 heavy (non-hydrogen) atoms. The minimum Gasteiger partial charge on any atom is -0.422 e. The van der Waals surface area contributed by atoms with Crippen LogP contribution >= 0.6 is 12.2 Å². The van der Waals surface area contributed by atoms with E-state index >= 15 is 0 Å². The van der Waals surface area contributed by atoms with Gasteiger partial charge in [0.1, 0.15) is 5.75 Å². The van der Waals surface area contributed by atoms with Gasteiger partial charge >= 0.3 is 5.97 Å². The predicted molar refractivity (Wildman–Crippen MR) is 133 cm³/mol. The van der Waals surface area contributed by atoms with Crippen LogP contribution in [-0.4, -0.2) is 17.3 Å². The van der Waals surface area contributed by atoms with E-state index in [9.17, 15) is 4.79 Å². The Morgan fingerprint density at radius 3 is 2.41 bits per heavy atom. The molecule has 0 aromatic heterocycles. The molecule has 6 heteroatoms. The molecule has 0 amide bonds. The Morgan fingerprint density at radius 1 is 0.906 bits per heavy atom. The van der Waals surface area contributed by atoms with Crippen LogP contribution in [-0.2, 0) is 0 Å². The molecule has 4 aromatic carbocycles. The molecule has 158 valence electrons. The molecule has 0 bridgehead atoms. The van der Waals surface area contributed by atoms with E-state index in [-0.39, 0.29) is 0 Å². The summed E-state index contributed by atoms with van der Waals surface area (Å²) in [6.07, 6.45) is 1.61. The van der Waals surface area contributed by atoms with Gasteiger partial charge in [-0.3, -0.25) is 5.43 Å². The van der Waals surface area contributed by atoms with Gasteiger partial charge in [0, 0.05) is 11.3 Å². The first-order valence-corrected chi connectivity index (χ1v) is 10.5. The van der Waals surface area contributed by atoms with Crippen molar-refractivity contribution in [3.63, 3.8) is 0 Å². The van der Waals surface area contributed by atoms with Crippen molar-refractivity contribution < 1.29 is 9.53 Å². The average Bonchev–Trinajstić information content (AvgIpc) is 2.81. The second-order valence-corrected chi connectivity index (χ2v) is 7.55. The number of hydrogen-bond donors (Lipinski definition) is 2. The van der Waals surface area contributed by atoms with Gasteiger partial charge in [-0.15, -0.1) is 0 Å². The number of thiocarbonyl (C=S) groups is 1. The number of fused-ring (bicyclic) bond motifs is 1. The maximum atomic E-state index is 12.7. The number of anilines is 1. The number of nitrogens with one attached hydrogen (secondary N) is 2. The van der Waals surface area contributed by atoms with Crippen LogP contribution in [0, 0.1) is 6.92 Å². The number of ether oxygens (including phenoxy) is 1. The zero-order valence-corrected chi connectivity index (χ0v) is 18.2. The number of benzene rings is 4. The van der Waals surface area contributed by atoms with Crippen LogP contribution in [0.4, 0.5) is 5.69 Å². The summed E-state index contributed by atoms with van der Waals surface area (Å²) in [6, 6.07) is 28.4. The van der Waals surface area contributed by atoms with Crippen LogP contribution in [0.15, 0.2) is 96.1 Å². The first-order chi connectivity index (χ1) is 15.6. The SMILES string of the molecule is Cc1ccc(C(=O)Oc2ccc3ccccc3c2C=NNC(=S)Nc2ccccc2)cc1. The molecule has 0 radical (unpaired) electrons. The molecule has 0 aliphatic heterocycles. The van der Waals surface area contributed by atoms with Crippen molar-refractivity contribution in [3.05, 3.63) is 108 Å². The quantitative estimate of drug-likeness (QED) is 0.138. The van der Waals surface area contributed by atoms with Gasteiger partial charge in [-0.05, 0) is 60.2 Å². The highest BCUT2D eigenvalue weighted by atomic mass is 32.1. The first-order valence-electron chi connectivity index (χ1n) is 10.1. The molecular weight excluding hydrogens is 418 g/mol. The predicted octanol–water partition coefficient (Wildman–Crippen LogP) is 5.69. The summed E-state index contributed by atoms with van der Waals surface area (Å²) in [5.74, 6) is -0.00841. The van der Waals surface area contributed by atoms with E-state index in [0.29, 0.717) is 22.0 Å². The number of aryl methyl sites for hydroxylation is 1. The molecule has 0 spiro atoms. The van der Waals surface area contributed by atoms with Crippen LogP contribution in [0.2, 0.25) is 0 Å². The fourth-order valence-electron chi connectivity index (χ4n) is 3.18. The Morgan fingerprint density at radius 2 is 1.62 bits per heavy atom. The molecule has 4 aromatic rings. The van der Waals surface area contributed by atoms with Crippen molar-refractivity contribution >= 4 is 46.0 Å². The van der Waals surface area contributed by atoms with Crippen molar-refractivity contribution in [2.75, 3.05) is 5.32 Å². The number of esters is 1. The average molecular weight is 440 g/mol. The largest absolute Gasteiger partial charge is 0.422 e. The van der Waals surface area contributed by atoms with Gasteiger partial charge in [-0.1, -0.05) is 66.2 Å². The fourth-order valence-corrected chi connectivity index (χ4v) is 3.35. The highest BCUT2D eigenvalue weighted by molar-refractivity contribution is 7.80. The molecular formula is C26H21N3O2S. The van der Waals surface area contributed by atoms with Crippen LogP contribution < -0.4 is 15.5 Å². The van der Waals surface area contributed by atoms with Gasteiger partial charge in [0.05, 0.1) is 11.8 Å². The van der Waals surface area contributed by atoms with Crippen molar-refractivity contribution in [1.82, 2.24) is 5.43 Å². The number of hydrazone groups is 1. The number of hydrogen-bond acceptors (Lipinski definition) is 4. The van der Waals surface area contributed by atoms with Crippen LogP contribution in [0.1, 0.15) is 21.5 Å². The normalized spacial score (nSPS) is 10.8. The standard InChI is InChI=1S/C26H21N3O2S/c1-18-11-13-20(14-12-18)25(30)31-24-16-15-19-7-5-6-10-22(19)23(24)17-27-29-26(32)28-21-8-3-2-4-9-21/h2-17H,1H3,(H2,28,29,32). The molecule has 0 saturated carbocycles. The highest BCUT2D eigenvalue weighted by Gasteiger charge is 2.13. The van der Waals surface area contributed by atoms with Gasteiger partial charge in [0.15, 0.2) is 5.11 Å². The third-order valence-electron chi connectivity index (χ3n) is 4.81.